The van der Waals surface area contributed by atoms with Crippen LogP contribution in [0.3, 0.4) is 0 Å². The van der Waals surface area contributed by atoms with E-state index in [0.29, 0.717) is 12.5 Å². The molecule has 2 atom stereocenters. The fourth-order valence-corrected chi connectivity index (χ4v) is 3.18. The highest BCUT2D eigenvalue weighted by Gasteiger charge is 2.42. The van der Waals surface area contributed by atoms with Crippen molar-refractivity contribution < 1.29 is 9.59 Å². The predicted octanol–water partition coefficient (Wildman–Crippen LogP) is 0.866. The second kappa shape index (κ2) is 4.00. The van der Waals surface area contributed by atoms with Gasteiger partial charge in [0.05, 0.1) is 6.54 Å². The highest BCUT2D eigenvalue weighted by Crippen LogP contribution is 2.37. The fraction of sp³-hybridized carbons (Fsp3) is 0.846. The van der Waals surface area contributed by atoms with Crippen LogP contribution >= 0.6 is 0 Å². The first-order valence-electron chi connectivity index (χ1n) is 6.75. The Bertz CT molecular complexity index is 351. The van der Waals surface area contributed by atoms with Crippen molar-refractivity contribution in [2.75, 3.05) is 19.6 Å². The first kappa shape index (κ1) is 11.1. The minimum absolute atomic E-state index is 0.136. The van der Waals surface area contributed by atoms with E-state index in [1.54, 1.807) is 9.80 Å². The lowest BCUT2D eigenvalue weighted by Crippen LogP contribution is -2.58. The zero-order valence-electron chi connectivity index (χ0n) is 10.4. The van der Waals surface area contributed by atoms with Crippen LogP contribution in [0.4, 0.5) is 0 Å². The number of piperazine rings is 1. The van der Waals surface area contributed by atoms with E-state index in [9.17, 15) is 9.59 Å². The summed E-state index contributed by atoms with van der Waals surface area (Å²) >= 11 is 0. The lowest BCUT2D eigenvalue weighted by atomic mass is 10.0. The summed E-state index contributed by atoms with van der Waals surface area (Å²) in [6, 6.07) is -0.136. The number of nitrogens with zero attached hydrogens (tertiary/aromatic N) is 2. The number of carbonyl (C=O) groups excluding carboxylic acids is 2. The minimum atomic E-state index is -0.136. The first-order valence-corrected chi connectivity index (χ1v) is 6.75. The van der Waals surface area contributed by atoms with Gasteiger partial charge in [-0.15, -0.1) is 0 Å². The fourth-order valence-electron chi connectivity index (χ4n) is 3.18. The minimum Gasteiger partial charge on any atom is -0.331 e. The molecular weight excluding hydrogens is 216 g/mol. The van der Waals surface area contributed by atoms with Crippen molar-refractivity contribution in [2.45, 2.75) is 38.6 Å². The van der Waals surface area contributed by atoms with Gasteiger partial charge in [0.25, 0.3) is 0 Å². The van der Waals surface area contributed by atoms with E-state index >= 15 is 0 Å². The van der Waals surface area contributed by atoms with Crippen LogP contribution in [0.25, 0.3) is 0 Å². The van der Waals surface area contributed by atoms with Crippen LogP contribution in [0.5, 0.6) is 0 Å². The standard InChI is InChI=1S/C13H20N2O2/c1-9(10-4-5-10)7-14-8-12(16)15-6-2-3-11(15)13(14)17/h9-11H,2-8H2,1H3. The van der Waals surface area contributed by atoms with Crippen LogP contribution in [0.1, 0.15) is 32.6 Å². The van der Waals surface area contributed by atoms with Gasteiger partial charge in [-0.1, -0.05) is 6.92 Å². The van der Waals surface area contributed by atoms with Gasteiger partial charge in [0.2, 0.25) is 11.8 Å². The molecule has 4 nitrogen and oxygen atoms in total. The molecule has 2 aliphatic heterocycles. The quantitative estimate of drug-likeness (QED) is 0.729. The number of fused-ring (bicyclic) bond motifs is 1. The van der Waals surface area contributed by atoms with Crippen LogP contribution in [0.2, 0.25) is 0 Å². The maximum absolute atomic E-state index is 12.3. The van der Waals surface area contributed by atoms with E-state index in [1.165, 1.54) is 12.8 Å². The van der Waals surface area contributed by atoms with E-state index in [-0.39, 0.29) is 17.9 Å². The topological polar surface area (TPSA) is 40.6 Å². The van der Waals surface area contributed by atoms with Crippen molar-refractivity contribution in [3.05, 3.63) is 0 Å². The Labute approximate surface area is 102 Å². The molecule has 0 radical (unpaired) electrons. The summed E-state index contributed by atoms with van der Waals surface area (Å²) in [7, 11) is 0. The smallest absolute Gasteiger partial charge is 0.245 e. The summed E-state index contributed by atoms with van der Waals surface area (Å²) in [6.45, 7) is 4.07. The maximum atomic E-state index is 12.3. The van der Waals surface area contributed by atoms with Gasteiger partial charge in [-0.05, 0) is 37.5 Å². The number of hydrogen-bond donors (Lipinski definition) is 0. The Morgan fingerprint density at radius 1 is 1.29 bits per heavy atom. The highest BCUT2D eigenvalue weighted by atomic mass is 16.2. The summed E-state index contributed by atoms with van der Waals surface area (Å²) in [5, 5.41) is 0. The summed E-state index contributed by atoms with van der Waals surface area (Å²) in [5.74, 6) is 1.68. The largest absolute Gasteiger partial charge is 0.331 e. The van der Waals surface area contributed by atoms with Crippen LogP contribution in [0.15, 0.2) is 0 Å². The first-order chi connectivity index (χ1) is 8.16. The Kier molecular flexibility index (Phi) is 2.60. The molecule has 3 fully saturated rings. The van der Waals surface area contributed by atoms with Gasteiger partial charge in [-0.25, -0.2) is 0 Å². The number of hydrogen-bond acceptors (Lipinski definition) is 2. The number of rotatable bonds is 3. The molecule has 2 heterocycles. The molecule has 0 aromatic rings. The van der Waals surface area contributed by atoms with Crippen LogP contribution < -0.4 is 0 Å². The van der Waals surface area contributed by atoms with Crippen molar-refractivity contribution in [1.82, 2.24) is 9.80 Å². The van der Waals surface area contributed by atoms with Crippen LogP contribution in [-0.4, -0.2) is 47.3 Å². The molecule has 94 valence electrons. The summed E-state index contributed by atoms with van der Waals surface area (Å²) in [6.07, 6.45) is 4.44. The molecule has 1 saturated carbocycles. The maximum Gasteiger partial charge on any atom is 0.245 e. The summed E-state index contributed by atoms with van der Waals surface area (Å²) in [4.78, 5) is 27.8. The molecule has 0 N–H and O–H groups in total. The molecule has 0 bridgehead atoms. The van der Waals surface area contributed by atoms with Crippen molar-refractivity contribution in [2.24, 2.45) is 11.8 Å². The molecule has 2 saturated heterocycles. The monoisotopic (exact) mass is 236 g/mol. The van der Waals surface area contributed by atoms with E-state index in [2.05, 4.69) is 6.92 Å². The van der Waals surface area contributed by atoms with Crippen molar-refractivity contribution in [3.8, 4) is 0 Å². The number of carbonyl (C=O) groups is 2. The average Bonchev–Trinajstić information content (AvgIpc) is 3.03. The third kappa shape index (κ3) is 1.94. The van der Waals surface area contributed by atoms with Gasteiger partial charge in [0.1, 0.15) is 6.04 Å². The van der Waals surface area contributed by atoms with Crippen molar-refractivity contribution >= 4 is 11.8 Å². The zero-order chi connectivity index (χ0) is 12.0. The van der Waals surface area contributed by atoms with Gasteiger partial charge in [0, 0.05) is 13.1 Å². The van der Waals surface area contributed by atoms with E-state index < -0.39 is 0 Å². The van der Waals surface area contributed by atoms with Gasteiger partial charge in [-0.2, -0.15) is 0 Å². The highest BCUT2D eigenvalue weighted by molar-refractivity contribution is 5.95. The van der Waals surface area contributed by atoms with Crippen molar-refractivity contribution in [1.29, 1.82) is 0 Å². The Morgan fingerprint density at radius 2 is 2.06 bits per heavy atom. The van der Waals surface area contributed by atoms with Crippen LogP contribution in [0, 0.1) is 11.8 Å². The number of amides is 2. The molecule has 2 unspecified atom stereocenters. The molecule has 0 spiro atoms. The van der Waals surface area contributed by atoms with Gasteiger partial charge >= 0.3 is 0 Å². The Balaban J connectivity index is 1.68. The SMILES string of the molecule is CC(CN1CC(=O)N2CCCC2C1=O)C1CC1. The third-order valence-electron chi connectivity index (χ3n) is 4.43. The Hall–Kier alpha value is -1.06. The molecular formula is C13H20N2O2. The lowest BCUT2D eigenvalue weighted by molar-refractivity contribution is -0.154. The van der Waals surface area contributed by atoms with E-state index in [1.807, 2.05) is 0 Å². The third-order valence-corrected chi connectivity index (χ3v) is 4.43. The van der Waals surface area contributed by atoms with Gasteiger partial charge in [0.15, 0.2) is 0 Å². The van der Waals surface area contributed by atoms with Gasteiger partial charge < -0.3 is 9.80 Å². The summed E-state index contributed by atoms with van der Waals surface area (Å²) < 4.78 is 0. The van der Waals surface area contributed by atoms with Crippen LogP contribution in [-0.2, 0) is 9.59 Å². The summed E-state index contributed by atoms with van der Waals surface area (Å²) in [5.41, 5.74) is 0. The lowest BCUT2D eigenvalue weighted by Gasteiger charge is -2.37. The molecule has 3 aliphatic rings. The molecule has 3 rings (SSSR count). The van der Waals surface area contributed by atoms with E-state index in [0.717, 1.165) is 31.8 Å². The predicted molar refractivity (Wildman–Crippen MR) is 63.2 cm³/mol. The van der Waals surface area contributed by atoms with Crippen molar-refractivity contribution in [3.63, 3.8) is 0 Å². The second-order valence-corrected chi connectivity index (χ2v) is 5.78. The molecule has 17 heavy (non-hydrogen) atoms. The Morgan fingerprint density at radius 3 is 2.76 bits per heavy atom. The second-order valence-electron chi connectivity index (χ2n) is 5.78. The average molecular weight is 236 g/mol. The molecule has 0 aromatic carbocycles. The van der Waals surface area contributed by atoms with E-state index in [4.69, 9.17) is 0 Å². The normalized spacial score (nSPS) is 30.8. The molecule has 4 heteroatoms. The molecule has 1 aliphatic carbocycles. The molecule has 0 aromatic heterocycles. The molecule has 2 amide bonds. The van der Waals surface area contributed by atoms with Gasteiger partial charge in [-0.3, -0.25) is 9.59 Å². The zero-order valence-corrected chi connectivity index (χ0v) is 10.4.